The van der Waals surface area contributed by atoms with Gasteiger partial charge in [-0.05, 0) is 64.0 Å². The number of aryl methyl sites for hydroxylation is 1. The second-order valence-electron chi connectivity index (χ2n) is 5.62. The van der Waals surface area contributed by atoms with Crippen LogP contribution in [-0.2, 0) is 0 Å². The number of hydrogen-bond acceptors (Lipinski definition) is 2. The number of carbonyl (C=O) groups excluding carboxylic acids is 1. The fraction of sp³-hybridized carbons (Fsp3) is 0.533. The molecule has 1 saturated carbocycles. The van der Waals surface area contributed by atoms with Gasteiger partial charge in [0, 0.05) is 17.6 Å². The normalized spacial score (nSPS) is 17.1. The van der Waals surface area contributed by atoms with E-state index in [4.69, 9.17) is 0 Å². The summed E-state index contributed by atoms with van der Waals surface area (Å²) in [6, 6.07) is 4.46. The topological polar surface area (TPSA) is 32.3 Å². The number of carbonyl (C=O) groups is 1. The first-order valence-corrected chi connectivity index (χ1v) is 6.66. The fourth-order valence-corrected chi connectivity index (χ4v) is 2.50. The van der Waals surface area contributed by atoms with E-state index in [9.17, 15) is 9.18 Å². The molecule has 0 aromatic heterocycles. The van der Waals surface area contributed by atoms with Crippen molar-refractivity contribution in [3.63, 3.8) is 0 Å². The number of likely N-dealkylation sites (N-methyl/N-ethyl adjacent to an activating group) is 1. The molecular weight excluding hydrogens is 243 g/mol. The number of nitrogens with one attached hydrogen (secondary N) is 1. The molecule has 0 bridgehead atoms. The van der Waals surface area contributed by atoms with Gasteiger partial charge >= 0.3 is 0 Å². The maximum Gasteiger partial charge on any atom is 0.251 e. The number of amides is 1. The Morgan fingerprint density at radius 2 is 2.11 bits per heavy atom. The Balaban J connectivity index is 1.99. The van der Waals surface area contributed by atoms with Crippen LogP contribution in [0.2, 0.25) is 0 Å². The molecule has 1 fully saturated rings. The number of rotatable bonds is 4. The highest BCUT2D eigenvalue weighted by atomic mass is 19.1. The van der Waals surface area contributed by atoms with Crippen molar-refractivity contribution in [2.24, 2.45) is 0 Å². The zero-order chi connectivity index (χ0) is 14.0. The molecule has 0 spiro atoms. The van der Waals surface area contributed by atoms with E-state index in [2.05, 4.69) is 10.2 Å². The zero-order valence-corrected chi connectivity index (χ0v) is 11.8. The fourth-order valence-electron chi connectivity index (χ4n) is 2.50. The van der Waals surface area contributed by atoms with E-state index in [-0.39, 0.29) is 17.3 Å². The highest BCUT2D eigenvalue weighted by Gasteiger charge is 2.39. The Morgan fingerprint density at radius 1 is 1.42 bits per heavy atom. The standard InChI is InChI=1S/C15H21FN2O/c1-11-9-12(5-6-13(11)16)14(19)17-10-15(18(2)3)7-4-8-15/h5-6,9H,4,7-8,10H2,1-3H3,(H,17,19). The van der Waals surface area contributed by atoms with Crippen LogP contribution in [0.25, 0.3) is 0 Å². The molecule has 1 N–H and O–H groups in total. The molecule has 1 aliphatic carbocycles. The second-order valence-corrected chi connectivity index (χ2v) is 5.62. The van der Waals surface area contributed by atoms with Crippen molar-refractivity contribution >= 4 is 5.91 Å². The van der Waals surface area contributed by atoms with Crippen LogP contribution < -0.4 is 5.32 Å². The highest BCUT2D eigenvalue weighted by molar-refractivity contribution is 5.94. The first kappa shape index (κ1) is 14.0. The van der Waals surface area contributed by atoms with Crippen molar-refractivity contribution in [1.82, 2.24) is 10.2 Å². The van der Waals surface area contributed by atoms with E-state index in [1.165, 1.54) is 18.6 Å². The van der Waals surface area contributed by atoms with Crippen LogP contribution in [0.1, 0.15) is 35.2 Å². The summed E-state index contributed by atoms with van der Waals surface area (Å²) >= 11 is 0. The summed E-state index contributed by atoms with van der Waals surface area (Å²) in [5.41, 5.74) is 1.12. The molecule has 0 saturated heterocycles. The number of benzene rings is 1. The second kappa shape index (κ2) is 5.29. The third-order valence-corrected chi connectivity index (χ3v) is 4.23. The van der Waals surface area contributed by atoms with Gasteiger partial charge in [0.1, 0.15) is 5.82 Å². The largest absolute Gasteiger partial charge is 0.350 e. The van der Waals surface area contributed by atoms with Gasteiger partial charge in [-0.2, -0.15) is 0 Å². The predicted octanol–water partition coefficient (Wildman–Crippen LogP) is 2.35. The third-order valence-electron chi connectivity index (χ3n) is 4.23. The van der Waals surface area contributed by atoms with Crippen molar-refractivity contribution in [3.05, 3.63) is 35.1 Å². The average molecular weight is 264 g/mol. The summed E-state index contributed by atoms with van der Waals surface area (Å²) in [4.78, 5) is 14.3. The van der Waals surface area contributed by atoms with Gasteiger partial charge in [0.05, 0.1) is 0 Å². The smallest absolute Gasteiger partial charge is 0.251 e. The van der Waals surface area contributed by atoms with Crippen molar-refractivity contribution in [3.8, 4) is 0 Å². The van der Waals surface area contributed by atoms with Gasteiger partial charge in [-0.3, -0.25) is 4.79 Å². The Hall–Kier alpha value is -1.42. The number of halogens is 1. The molecule has 1 aliphatic rings. The molecule has 104 valence electrons. The predicted molar refractivity (Wildman–Crippen MR) is 73.7 cm³/mol. The molecule has 4 heteroatoms. The van der Waals surface area contributed by atoms with Gasteiger partial charge in [0.25, 0.3) is 5.91 Å². The lowest BCUT2D eigenvalue weighted by Gasteiger charge is -2.47. The molecule has 0 aliphatic heterocycles. The maximum absolute atomic E-state index is 13.2. The molecule has 0 atom stereocenters. The van der Waals surface area contributed by atoms with E-state index >= 15 is 0 Å². The highest BCUT2D eigenvalue weighted by Crippen LogP contribution is 2.35. The molecular formula is C15H21FN2O. The maximum atomic E-state index is 13.2. The van der Waals surface area contributed by atoms with E-state index < -0.39 is 0 Å². The Labute approximate surface area is 113 Å². The molecule has 1 aromatic carbocycles. The summed E-state index contributed by atoms with van der Waals surface area (Å²) in [5, 5.41) is 2.97. The molecule has 1 aromatic rings. The van der Waals surface area contributed by atoms with Crippen LogP contribution in [0.4, 0.5) is 4.39 Å². The van der Waals surface area contributed by atoms with E-state index in [1.807, 2.05) is 14.1 Å². The van der Waals surface area contributed by atoms with Gasteiger partial charge in [-0.15, -0.1) is 0 Å². The minimum absolute atomic E-state index is 0.102. The molecule has 1 amide bonds. The summed E-state index contributed by atoms with van der Waals surface area (Å²) in [6.45, 7) is 2.31. The van der Waals surface area contributed by atoms with Crippen molar-refractivity contribution < 1.29 is 9.18 Å². The zero-order valence-electron chi connectivity index (χ0n) is 11.8. The van der Waals surface area contributed by atoms with E-state index in [1.54, 1.807) is 13.0 Å². The summed E-state index contributed by atoms with van der Waals surface area (Å²) < 4.78 is 13.2. The minimum Gasteiger partial charge on any atom is -0.350 e. The van der Waals surface area contributed by atoms with E-state index in [0.29, 0.717) is 17.7 Å². The Morgan fingerprint density at radius 3 is 2.58 bits per heavy atom. The van der Waals surface area contributed by atoms with Crippen LogP contribution in [0.5, 0.6) is 0 Å². The summed E-state index contributed by atoms with van der Waals surface area (Å²) in [6.07, 6.45) is 3.44. The van der Waals surface area contributed by atoms with Crippen molar-refractivity contribution in [2.45, 2.75) is 31.7 Å². The van der Waals surface area contributed by atoms with Crippen LogP contribution in [0.15, 0.2) is 18.2 Å². The molecule has 0 radical (unpaired) electrons. The van der Waals surface area contributed by atoms with Crippen LogP contribution in [0, 0.1) is 12.7 Å². The van der Waals surface area contributed by atoms with Crippen LogP contribution in [0.3, 0.4) is 0 Å². The molecule has 0 heterocycles. The Kier molecular flexibility index (Phi) is 3.90. The molecule has 2 rings (SSSR count). The molecule has 19 heavy (non-hydrogen) atoms. The molecule has 3 nitrogen and oxygen atoms in total. The van der Waals surface area contributed by atoms with Crippen LogP contribution >= 0.6 is 0 Å². The van der Waals surface area contributed by atoms with Crippen molar-refractivity contribution in [2.75, 3.05) is 20.6 Å². The summed E-state index contributed by atoms with van der Waals surface area (Å²) in [5.74, 6) is -0.406. The lowest BCUT2D eigenvalue weighted by molar-refractivity contribution is 0.0557. The van der Waals surface area contributed by atoms with Gasteiger partial charge < -0.3 is 10.2 Å². The number of hydrogen-bond donors (Lipinski definition) is 1. The summed E-state index contributed by atoms with van der Waals surface area (Å²) in [7, 11) is 4.10. The number of nitrogens with zero attached hydrogens (tertiary/aromatic N) is 1. The van der Waals surface area contributed by atoms with Gasteiger partial charge in [-0.25, -0.2) is 4.39 Å². The minimum atomic E-state index is -0.277. The van der Waals surface area contributed by atoms with Crippen molar-refractivity contribution in [1.29, 1.82) is 0 Å². The lowest BCUT2D eigenvalue weighted by Crippen LogP contribution is -2.57. The quantitative estimate of drug-likeness (QED) is 0.905. The van der Waals surface area contributed by atoms with Gasteiger partial charge in [0.15, 0.2) is 0 Å². The first-order chi connectivity index (χ1) is 8.94. The Bertz CT molecular complexity index is 481. The van der Waals surface area contributed by atoms with Crippen LogP contribution in [-0.4, -0.2) is 37.0 Å². The first-order valence-electron chi connectivity index (χ1n) is 6.66. The lowest BCUT2D eigenvalue weighted by atomic mass is 9.75. The SMILES string of the molecule is Cc1cc(C(=O)NCC2(N(C)C)CCC2)ccc1F. The third kappa shape index (κ3) is 2.78. The van der Waals surface area contributed by atoms with Gasteiger partial charge in [-0.1, -0.05) is 0 Å². The monoisotopic (exact) mass is 264 g/mol. The average Bonchev–Trinajstić information content (AvgIpc) is 2.30. The van der Waals surface area contributed by atoms with E-state index in [0.717, 1.165) is 12.8 Å². The van der Waals surface area contributed by atoms with Gasteiger partial charge in [0.2, 0.25) is 0 Å². The molecule has 0 unspecified atom stereocenters.